The van der Waals surface area contributed by atoms with E-state index in [-0.39, 0.29) is 5.91 Å². The fraction of sp³-hybridized carbons (Fsp3) is 0.130. The minimum Gasteiger partial charge on any atom is -0.496 e. The first kappa shape index (κ1) is 19.8. The summed E-state index contributed by atoms with van der Waals surface area (Å²) in [5.74, 6) is 0.765. The van der Waals surface area contributed by atoms with Crippen LogP contribution in [0.2, 0.25) is 0 Å². The van der Waals surface area contributed by atoms with Crippen LogP contribution < -0.4 is 10.1 Å². The molecule has 0 atom stereocenters. The Morgan fingerprint density at radius 3 is 2.75 bits per heavy atom. The van der Waals surface area contributed by atoms with Crippen molar-refractivity contribution in [2.24, 2.45) is 0 Å². The van der Waals surface area contributed by atoms with Crippen LogP contribution in [0, 0.1) is 0 Å². The molecule has 1 heterocycles. The molecule has 2 aromatic carbocycles. The van der Waals surface area contributed by atoms with Crippen molar-refractivity contribution in [3.8, 4) is 5.75 Å². The van der Waals surface area contributed by atoms with Gasteiger partial charge in [0.05, 0.1) is 17.3 Å². The Balaban J connectivity index is 1.57. The Bertz CT molecular complexity index is 971. The molecule has 4 nitrogen and oxygen atoms in total. The normalized spacial score (nSPS) is 10.8. The number of nitrogens with one attached hydrogen (secondary N) is 1. The summed E-state index contributed by atoms with van der Waals surface area (Å²) >= 11 is 3.47. The van der Waals surface area contributed by atoms with Crippen LogP contribution in [0.1, 0.15) is 23.2 Å². The lowest BCUT2D eigenvalue weighted by molar-refractivity contribution is -0.116. The molecule has 0 aliphatic rings. The summed E-state index contributed by atoms with van der Waals surface area (Å²) in [5, 5.41) is 2.96. The van der Waals surface area contributed by atoms with Crippen LogP contribution in [0.3, 0.4) is 0 Å². The third kappa shape index (κ3) is 5.79. The molecule has 1 N–H and O–H groups in total. The third-order valence-corrected chi connectivity index (χ3v) is 4.78. The zero-order chi connectivity index (χ0) is 19.8. The van der Waals surface area contributed by atoms with Crippen molar-refractivity contribution in [2.45, 2.75) is 12.8 Å². The van der Waals surface area contributed by atoms with E-state index in [0.29, 0.717) is 12.8 Å². The lowest BCUT2D eigenvalue weighted by Crippen LogP contribution is -2.12. The van der Waals surface area contributed by atoms with Gasteiger partial charge >= 0.3 is 0 Å². The summed E-state index contributed by atoms with van der Waals surface area (Å²) in [6.45, 7) is 0. The molecule has 0 aliphatic heterocycles. The molecule has 1 aromatic heterocycles. The highest BCUT2D eigenvalue weighted by Crippen LogP contribution is 2.26. The Labute approximate surface area is 173 Å². The minimum absolute atomic E-state index is 0.0159. The Kier molecular flexibility index (Phi) is 6.98. The number of pyridine rings is 1. The van der Waals surface area contributed by atoms with E-state index in [2.05, 4.69) is 26.2 Å². The smallest absolute Gasteiger partial charge is 0.224 e. The summed E-state index contributed by atoms with van der Waals surface area (Å²) in [7, 11) is 1.63. The van der Waals surface area contributed by atoms with Crippen LogP contribution >= 0.6 is 15.9 Å². The summed E-state index contributed by atoms with van der Waals surface area (Å²) in [5.41, 5.74) is 3.75. The van der Waals surface area contributed by atoms with E-state index in [9.17, 15) is 4.79 Å². The molecule has 5 heteroatoms. The lowest BCUT2D eigenvalue weighted by Gasteiger charge is -2.08. The molecule has 0 aliphatic carbocycles. The van der Waals surface area contributed by atoms with E-state index in [1.165, 1.54) is 0 Å². The molecule has 0 bridgehead atoms. The number of carbonyl (C=O) groups excluding carboxylic acids is 1. The maximum atomic E-state index is 12.3. The quantitative estimate of drug-likeness (QED) is 0.524. The topological polar surface area (TPSA) is 51.2 Å². The number of anilines is 1. The summed E-state index contributed by atoms with van der Waals surface area (Å²) < 4.78 is 6.12. The van der Waals surface area contributed by atoms with Gasteiger partial charge in [0.2, 0.25) is 5.91 Å². The summed E-state index contributed by atoms with van der Waals surface area (Å²) in [6.07, 6.45) is 6.76. The molecule has 3 rings (SSSR count). The second kappa shape index (κ2) is 9.85. The largest absolute Gasteiger partial charge is 0.496 e. The van der Waals surface area contributed by atoms with Crippen molar-refractivity contribution in [1.82, 2.24) is 4.98 Å². The number of benzene rings is 2. The molecule has 3 aromatic rings. The number of amides is 1. The first-order valence-corrected chi connectivity index (χ1v) is 9.75. The Morgan fingerprint density at radius 1 is 1.11 bits per heavy atom. The number of hydrogen-bond acceptors (Lipinski definition) is 3. The molecule has 0 unspecified atom stereocenters. The molecular weight excluding hydrogens is 416 g/mol. The molecule has 0 spiro atoms. The second-order valence-corrected chi connectivity index (χ2v) is 7.08. The van der Waals surface area contributed by atoms with Crippen molar-refractivity contribution >= 4 is 39.7 Å². The maximum Gasteiger partial charge on any atom is 0.224 e. The lowest BCUT2D eigenvalue weighted by atomic mass is 10.1. The number of hydrogen-bond donors (Lipinski definition) is 1. The monoisotopic (exact) mass is 436 g/mol. The van der Waals surface area contributed by atoms with Crippen LogP contribution in [0.25, 0.3) is 12.2 Å². The van der Waals surface area contributed by atoms with Crippen LogP contribution in [0.5, 0.6) is 5.75 Å². The van der Waals surface area contributed by atoms with Gasteiger partial charge < -0.3 is 10.1 Å². The number of nitrogens with zero attached hydrogens (tertiary/aromatic N) is 1. The van der Waals surface area contributed by atoms with Crippen LogP contribution in [0.15, 0.2) is 71.3 Å². The number of aromatic nitrogens is 1. The summed E-state index contributed by atoms with van der Waals surface area (Å²) in [6, 6.07) is 19.4. The molecule has 0 radical (unpaired) electrons. The fourth-order valence-electron chi connectivity index (χ4n) is 2.72. The SMILES string of the molecule is COc1ccc(CCC(=O)Nc2cccc(C=Cc3ccccn3)c2)cc1Br. The first-order chi connectivity index (χ1) is 13.6. The standard InChI is InChI=1S/C23H21BrN2O2/c1-28-22-12-9-18(16-21(22)24)10-13-23(27)26-20-7-4-5-17(15-20)8-11-19-6-2-3-14-25-19/h2-9,11-12,14-16H,10,13H2,1H3,(H,26,27). The average Bonchev–Trinajstić information content (AvgIpc) is 2.72. The molecule has 28 heavy (non-hydrogen) atoms. The number of methoxy groups -OCH3 is 1. The van der Waals surface area contributed by atoms with Crippen LogP contribution in [-0.4, -0.2) is 18.0 Å². The molecule has 1 amide bonds. The van der Waals surface area contributed by atoms with Gasteiger partial charge in [-0.1, -0.05) is 30.3 Å². The molecule has 142 valence electrons. The highest BCUT2D eigenvalue weighted by molar-refractivity contribution is 9.10. The van der Waals surface area contributed by atoms with Crippen molar-refractivity contribution in [2.75, 3.05) is 12.4 Å². The molecule has 0 fully saturated rings. The highest BCUT2D eigenvalue weighted by atomic mass is 79.9. The van der Waals surface area contributed by atoms with E-state index in [4.69, 9.17) is 4.74 Å². The van der Waals surface area contributed by atoms with E-state index < -0.39 is 0 Å². The number of ether oxygens (including phenoxy) is 1. The van der Waals surface area contributed by atoms with Gasteiger partial charge in [0.15, 0.2) is 0 Å². The molecular formula is C23H21BrN2O2. The third-order valence-electron chi connectivity index (χ3n) is 4.16. The number of aryl methyl sites for hydroxylation is 1. The zero-order valence-electron chi connectivity index (χ0n) is 15.6. The van der Waals surface area contributed by atoms with E-state index in [1.807, 2.05) is 72.8 Å². The van der Waals surface area contributed by atoms with Gasteiger partial charge in [0.25, 0.3) is 0 Å². The van der Waals surface area contributed by atoms with E-state index in [0.717, 1.165) is 32.7 Å². The first-order valence-electron chi connectivity index (χ1n) is 8.95. The summed E-state index contributed by atoms with van der Waals surface area (Å²) in [4.78, 5) is 16.6. The predicted octanol–water partition coefficient (Wildman–Crippen LogP) is 5.59. The van der Waals surface area contributed by atoms with Crippen LogP contribution in [0.4, 0.5) is 5.69 Å². The van der Waals surface area contributed by atoms with Gasteiger partial charge in [-0.05, 0) is 76.0 Å². The Morgan fingerprint density at radius 2 is 2.00 bits per heavy atom. The van der Waals surface area contributed by atoms with Crippen molar-refractivity contribution in [3.05, 3.63) is 88.2 Å². The van der Waals surface area contributed by atoms with Crippen molar-refractivity contribution in [3.63, 3.8) is 0 Å². The minimum atomic E-state index is -0.0159. The van der Waals surface area contributed by atoms with Crippen molar-refractivity contribution < 1.29 is 9.53 Å². The number of halogens is 1. The highest BCUT2D eigenvalue weighted by Gasteiger charge is 2.06. The fourth-order valence-corrected chi connectivity index (χ4v) is 3.31. The van der Waals surface area contributed by atoms with Gasteiger partial charge in [0.1, 0.15) is 5.75 Å². The van der Waals surface area contributed by atoms with Gasteiger partial charge in [-0.25, -0.2) is 0 Å². The van der Waals surface area contributed by atoms with Gasteiger partial charge in [-0.2, -0.15) is 0 Å². The van der Waals surface area contributed by atoms with E-state index in [1.54, 1.807) is 13.3 Å². The number of carbonyl (C=O) groups is 1. The second-order valence-electron chi connectivity index (χ2n) is 6.23. The average molecular weight is 437 g/mol. The molecule has 0 saturated carbocycles. The van der Waals surface area contributed by atoms with Gasteiger partial charge in [-0.3, -0.25) is 9.78 Å². The molecule has 0 saturated heterocycles. The number of rotatable bonds is 7. The Hall–Kier alpha value is -2.92. The van der Waals surface area contributed by atoms with Crippen LogP contribution in [-0.2, 0) is 11.2 Å². The van der Waals surface area contributed by atoms with E-state index >= 15 is 0 Å². The van der Waals surface area contributed by atoms with Gasteiger partial charge in [-0.15, -0.1) is 0 Å². The van der Waals surface area contributed by atoms with Gasteiger partial charge in [0, 0.05) is 18.3 Å². The van der Waals surface area contributed by atoms with Crippen molar-refractivity contribution in [1.29, 1.82) is 0 Å². The maximum absolute atomic E-state index is 12.3. The predicted molar refractivity (Wildman–Crippen MR) is 117 cm³/mol. The zero-order valence-corrected chi connectivity index (χ0v) is 17.1.